The van der Waals surface area contributed by atoms with Crippen molar-refractivity contribution in [2.24, 2.45) is 5.92 Å². The van der Waals surface area contributed by atoms with Crippen LogP contribution in [-0.4, -0.2) is 21.8 Å². The Morgan fingerprint density at radius 3 is 1.89 bits per heavy atom. The van der Waals surface area contributed by atoms with E-state index >= 15 is 0 Å². The summed E-state index contributed by atoms with van der Waals surface area (Å²) in [6.45, 7) is 13.0. The van der Waals surface area contributed by atoms with Crippen LogP contribution in [0.5, 0.6) is 0 Å². The van der Waals surface area contributed by atoms with E-state index in [1.165, 1.54) is 32.1 Å². The first kappa shape index (κ1) is 19.1. The Bertz CT molecular complexity index is 191. The van der Waals surface area contributed by atoms with Crippen LogP contribution < -0.4 is 0 Å². The van der Waals surface area contributed by atoms with E-state index in [1.807, 2.05) is 0 Å². The van der Waals surface area contributed by atoms with Crippen LogP contribution in [-0.2, 0) is 8.85 Å². The van der Waals surface area contributed by atoms with E-state index < -0.39 is 8.56 Å². The van der Waals surface area contributed by atoms with E-state index in [4.69, 9.17) is 8.85 Å². The van der Waals surface area contributed by atoms with E-state index in [0.717, 1.165) is 37.6 Å². The maximum Gasteiger partial charge on any atom is 0.337 e. The topological polar surface area (TPSA) is 18.5 Å². The first-order chi connectivity index (χ1) is 9.10. The molecule has 0 unspecified atom stereocenters. The molecule has 2 nitrogen and oxygen atoms in total. The molecule has 0 heterocycles. The molecule has 0 aliphatic rings. The minimum Gasteiger partial charge on any atom is -0.394 e. The molecule has 0 saturated heterocycles. The average Bonchev–Trinajstić information content (AvgIpc) is 2.40. The summed E-state index contributed by atoms with van der Waals surface area (Å²) in [4.78, 5) is 0. The van der Waals surface area contributed by atoms with Crippen molar-refractivity contribution in [2.75, 3.05) is 13.2 Å². The maximum atomic E-state index is 6.21. The van der Waals surface area contributed by atoms with E-state index in [0.29, 0.717) is 0 Å². The van der Waals surface area contributed by atoms with Crippen molar-refractivity contribution in [3.05, 3.63) is 0 Å². The van der Waals surface area contributed by atoms with Gasteiger partial charge in [-0.2, -0.15) is 0 Å². The van der Waals surface area contributed by atoms with Crippen molar-refractivity contribution in [3.63, 3.8) is 0 Å². The Hall–Kier alpha value is 0.137. The van der Waals surface area contributed by atoms with Crippen molar-refractivity contribution in [3.8, 4) is 0 Å². The van der Waals surface area contributed by atoms with Gasteiger partial charge in [-0.3, -0.25) is 0 Å². The highest BCUT2D eigenvalue weighted by molar-refractivity contribution is 6.67. The fourth-order valence-electron chi connectivity index (χ4n) is 2.14. The van der Waals surface area contributed by atoms with Gasteiger partial charge in [0.1, 0.15) is 0 Å². The second kappa shape index (κ2) is 11.9. The molecule has 0 atom stereocenters. The first-order valence-corrected chi connectivity index (χ1v) is 10.6. The van der Waals surface area contributed by atoms with Gasteiger partial charge in [0.15, 0.2) is 0 Å². The van der Waals surface area contributed by atoms with Gasteiger partial charge in [0, 0.05) is 13.2 Å². The Labute approximate surface area is 122 Å². The summed E-state index contributed by atoms with van der Waals surface area (Å²) < 4.78 is 12.4. The predicted molar refractivity (Wildman–Crippen MR) is 86.8 cm³/mol. The molecule has 0 N–H and O–H groups in total. The van der Waals surface area contributed by atoms with Gasteiger partial charge in [-0.15, -0.1) is 0 Å². The van der Waals surface area contributed by atoms with Crippen LogP contribution in [0.2, 0.25) is 12.1 Å². The lowest BCUT2D eigenvalue weighted by Crippen LogP contribution is -2.41. The standard InChI is InChI=1S/C16H36O2Si/c1-6-9-10-11-12-14-17-19(7-2,8-3)18-15-13-16(4)5/h16H,6-15H2,1-5H3. The Morgan fingerprint density at radius 2 is 1.37 bits per heavy atom. The zero-order chi connectivity index (χ0) is 14.6. The third-order valence-corrected chi connectivity index (χ3v) is 7.37. The highest BCUT2D eigenvalue weighted by Gasteiger charge is 2.33. The summed E-state index contributed by atoms with van der Waals surface area (Å²) in [5.41, 5.74) is 0. The minimum absolute atomic E-state index is 0.717. The molecule has 116 valence electrons. The summed E-state index contributed by atoms with van der Waals surface area (Å²) in [5.74, 6) is 0.717. The Kier molecular flexibility index (Phi) is 12.0. The van der Waals surface area contributed by atoms with Crippen molar-refractivity contribution in [1.82, 2.24) is 0 Å². The van der Waals surface area contributed by atoms with E-state index in [1.54, 1.807) is 0 Å². The van der Waals surface area contributed by atoms with Crippen molar-refractivity contribution in [2.45, 2.75) is 85.2 Å². The van der Waals surface area contributed by atoms with Crippen LogP contribution in [0.25, 0.3) is 0 Å². The first-order valence-electron chi connectivity index (χ1n) is 8.38. The molecular weight excluding hydrogens is 252 g/mol. The van der Waals surface area contributed by atoms with Crippen LogP contribution in [0.15, 0.2) is 0 Å². The number of hydrogen-bond acceptors (Lipinski definition) is 2. The summed E-state index contributed by atoms with van der Waals surface area (Å²) in [6.07, 6.45) is 7.66. The third kappa shape index (κ3) is 9.64. The lowest BCUT2D eigenvalue weighted by molar-refractivity contribution is 0.159. The summed E-state index contributed by atoms with van der Waals surface area (Å²) in [6, 6.07) is 2.16. The summed E-state index contributed by atoms with van der Waals surface area (Å²) in [5, 5.41) is 0. The highest BCUT2D eigenvalue weighted by atomic mass is 28.4. The molecule has 0 amide bonds. The van der Waals surface area contributed by atoms with Crippen LogP contribution in [0.4, 0.5) is 0 Å². The normalized spacial score (nSPS) is 12.3. The van der Waals surface area contributed by atoms with Gasteiger partial charge in [0.05, 0.1) is 0 Å². The van der Waals surface area contributed by atoms with Crippen LogP contribution >= 0.6 is 0 Å². The Balaban J connectivity index is 3.87. The van der Waals surface area contributed by atoms with Crippen LogP contribution in [0, 0.1) is 5.92 Å². The largest absolute Gasteiger partial charge is 0.394 e. The molecule has 0 radical (unpaired) electrons. The van der Waals surface area contributed by atoms with Gasteiger partial charge in [-0.05, 0) is 30.8 Å². The molecule has 0 aliphatic heterocycles. The van der Waals surface area contributed by atoms with Crippen molar-refractivity contribution in [1.29, 1.82) is 0 Å². The maximum absolute atomic E-state index is 6.21. The van der Waals surface area contributed by atoms with Gasteiger partial charge in [0.25, 0.3) is 0 Å². The summed E-state index contributed by atoms with van der Waals surface area (Å²) >= 11 is 0. The molecule has 0 saturated carbocycles. The molecule has 3 heteroatoms. The number of hydrogen-bond donors (Lipinski definition) is 0. The Morgan fingerprint density at radius 1 is 0.789 bits per heavy atom. The molecule has 0 aliphatic carbocycles. The molecule has 19 heavy (non-hydrogen) atoms. The van der Waals surface area contributed by atoms with E-state index in [2.05, 4.69) is 34.6 Å². The quantitative estimate of drug-likeness (QED) is 0.328. The number of unbranched alkanes of at least 4 members (excludes halogenated alkanes) is 4. The average molecular weight is 289 g/mol. The molecule has 0 spiro atoms. The SMILES string of the molecule is CCCCCCCO[Si](CC)(CC)OCCC(C)C. The lowest BCUT2D eigenvalue weighted by atomic mass is 10.2. The molecular formula is C16H36O2Si. The van der Waals surface area contributed by atoms with Crippen LogP contribution in [0.1, 0.15) is 73.1 Å². The van der Waals surface area contributed by atoms with Gasteiger partial charge in [0.2, 0.25) is 0 Å². The molecule has 0 aromatic rings. The molecule has 0 fully saturated rings. The second-order valence-corrected chi connectivity index (χ2v) is 9.72. The predicted octanol–water partition coefficient (Wildman–Crippen LogP) is 5.52. The monoisotopic (exact) mass is 288 g/mol. The molecule has 0 aromatic carbocycles. The molecule has 0 aromatic heterocycles. The zero-order valence-electron chi connectivity index (χ0n) is 14.0. The third-order valence-electron chi connectivity index (χ3n) is 3.75. The minimum atomic E-state index is -1.88. The molecule has 0 rings (SSSR count). The molecule has 0 bridgehead atoms. The van der Waals surface area contributed by atoms with Gasteiger partial charge in [-0.1, -0.05) is 60.3 Å². The lowest BCUT2D eigenvalue weighted by Gasteiger charge is -2.29. The van der Waals surface area contributed by atoms with E-state index in [9.17, 15) is 0 Å². The van der Waals surface area contributed by atoms with Crippen molar-refractivity contribution < 1.29 is 8.85 Å². The number of rotatable bonds is 13. The van der Waals surface area contributed by atoms with Crippen LogP contribution in [0.3, 0.4) is 0 Å². The van der Waals surface area contributed by atoms with E-state index in [-0.39, 0.29) is 0 Å². The summed E-state index contributed by atoms with van der Waals surface area (Å²) in [7, 11) is -1.88. The fourth-order valence-corrected chi connectivity index (χ4v) is 4.55. The smallest absolute Gasteiger partial charge is 0.337 e. The second-order valence-electron chi connectivity index (χ2n) is 5.91. The van der Waals surface area contributed by atoms with Crippen molar-refractivity contribution >= 4 is 8.56 Å². The van der Waals surface area contributed by atoms with Gasteiger partial charge >= 0.3 is 8.56 Å². The van der Waals surface area contributed by atoms with Gasteiger partial charge in [-0.25, -0.2) is 0 Å². The van der Waals surface area contributed by atoms with Gasteiger partial charge < -0.3 is 8.85 Å². The fraction of sp³-hybridized carbons (Fsp3) is 1.00. The zero-order valence-corrected chi connectivity index (χ0v) is 15.0. The highest BCUT2D eigenvalue weighted by Crippen LogP contribution is 2.20.